The monoisotopic (exact) mass is 406 g/mol. The maximum absolute atomic E-state index is 13.1. The molecule has 1 saturated heterocycles. The number of nitrogens with zero attached hydrogens (tertiary/aromatic N) is 1. The Morgan fingerprint density at radius 1 is 1.07 bits per heavy atom. The Morgan fingerprint density at radius 3 is 2.55 bits per heavy atom. The zero-order valence-electron chi connectivity index (χ0n) is 16.6. The van der Waals surface area contributed by atoms with Crippen molar-refractivity contribution in [1.29, 1.82) is 0 Å². The first kappa shape index (κ1) is 19.7. The van der Waals surface area contributed by atoms with E-state index in [1.165, 1.54) is 24.2 Å². The van der Waals surface area contributed by atoms with Crippen molar-refractivity contribution < 1.29 is 9.53 Å². The molecule has 1 atom stereocenters. The van der Waals surface area contributed by atoms with Gasteiger partial charge in [-0.15, -0.1) is 11.3 Å². The SMILES string of the molecule is COc1ccccc1C(CNC(=O)c1sccc1-c1ccccc1)N1CCCC1. The summed E-state index contributed by atoms with van der Waals surface area (Å²) >= 11 is 1.49. The molecule has 0 bridgehead atoms. The maximum Gasteiger partial charge on any atom is 0.262 e. The van der Waals surface area contributed by atoms with Crippen LogP contribution in [0.2, 0.25) is 0 Å². The van der Waals surface area contributed by atoms with Crippen molar-refractivity contribution in [2.75, 3.05) is 26.7 Å². The minimum absolute atomic E-state index is 0.0158. The van der Waals surface area contributed by atoms with Gasteiger partial charge in [-0.1, -0.05) is 48.5 Å². The Kier molecular flexibility index (Phi) is 6.27. The minimum atomic E-state index is -0.0158. The molecule has 4 nitrogen and oxygen atoms in total. The number of nitrogens with one attached hydrogen (secondary N) is 1. The quantitative estimate of drug-likeness (QED) is 0.601. The summed E-state index contributed by atoms with van der Waals surface area (Å²) in [7, 11) is 1.70. The predicted molar refractivity (Wildman–Crippen MR) is 119 cm³/mol. The molecule has 0 aliphatic carbocycles. The van der Waals surface area contributed by atoms with Gasteiger partial charge < -0.3 is 10.1 Å². The molecule has 5 heteroatoms. The van der Waals surface area contributed by atoms with E-state index in [1.54, 1.807) is 7.11 Å². The van der Waals surface area contributed by atoms with Crippen molar-refractivity contribution in [3.63, 3.8) is 0 Å². The van der Waals surface area contributed by atoms with E-state index in [2.05, 4.69) is 16.3 Å². The number of rotatable bonds is 7. The molecule has 0 radical (unpaired) electrons. The summed E-state index contributed by atoms with van der Waals surface area (Å²) in [6.45, 7) is 2.66. The molecule has 2 aromatic carbocycles. The fourth-order valence-electron chi connectivity index (χ4n) is 4.03. The molecule has 1 unspecified atom stereocenters. The van der Waals surface area contributed by atoms with E-state index in [4.69, 9.17) is 4.74 Å². The summed E-state index contributed by atoms with van der Waals surface area (Å²) in [5, 5.41) is 5.18. The number of thiophene rings is 1. The maximum atomic E-state index is 13.1. The van der Waals surface area contributed by atoms with Gasteiger partial charge >= 0.3 is 0 Å². The van der Waals surface area contributed by atoms with Gasteiger partial charge in [0.05, 0.1) is 18.0 Å². The number of hydrogen-bond acceptors (Lipinski definition) is 4. The highest BCUT2D eigenvalue weighted by molar-refractivity contribution is 7.12. The molecular formula is C24H26N2O2S. The Morgan fingerprint density at radius 2 is 1.79 bits per heavy atom. The van der Waals surface area contributed by atoms with Crippen LogP contribution in [-0.2, 0) is 0 Å². The Bertz CT molecular complexity index is 948. The normalized spacial score (nSPS) is 15.2. The molecule has 1 aliphatic heterocycles. The Labute approximate surface area is 176 Å². The van der Waals surface area contributed by atoms with E-state index < -0.39 is 0 Å². The molecule has 1 fully saturated rings. The molecule has 1 N–H and O–H groups in total. The van der Waals surface area contributed by atoms with E-state index in [0.717, 1.165) is 40.4 Å². The van der Waals surface area contributed by atoms with Crippen LogP contribution in [0.4, 0.5) is 0 Å². The zero-order chi connectivity index (χ0) is 20.1. The number of hydrogen-bond donors (Lipinski definition) is 1. The number of amides is 1. The second-order valence-electron chi connectivity index (χ2n) is 7.24. The van der Waals surface area contributed by atoms with Crippen molar-refractivity contribution >= 4 is 17.2 Å². The zero-order valence-corrected chi connectivity index (χ0v) is 17.5. The van der Waals surface area contributed by atoms with Gasteiger partial charge in [-0.25, -0.2) is 0 Å². The molecule has 0 saturated carbocycles. The van der Waals surface area contributed by atoms with E-state index in [-0.39, 0.29) is 11.9 Å². The molecule has 1 aliphatic rings. The van der Waals surface area contributed by atoms with Crippen LogP contribution in [-0.4, -0.2) is 37.6 Å². The lowest BCUT2D eigenvalue weighted by Gasteiger charge is -2.29. The predicted octanol–water partition coefficient (Wildman–Crippen LogP) is 4.99. The van der Waals surface area contributed by atoms with E-state index in [9.17, 15) is 4.79 Å². The molecule has 1 aromatic heterocycles. The first-order chi connectivity index (χ1) is 14.3. The van der Waals surface area contributed by atoms with Crippen LogP contribution in [0.1, 0.15) is 34.1 Å². The lowest BCUT2D eigenvalue weighted by atomic mass is 10.0. The third-order valence-electron chi connectivity index (χ3n) is 5.49. The van der Waals surface area contributed by atoms with E-state index >= 15 is 0 Å². The summed E-state index contributed by atoms with van der Waals surface area (Å²) in [6, 6.07) is 20.3. The molecule has 0 spiro atoms. The van der Waals surface area contributed by atoms with Crippen LogP contribution in [0.5, 0.6) is 5.75 Å². The van der Waals surface area contributed by atoms with E-state index in [1.807, 2.05) is 60.0 Å². The lowest BCUT2D eigenvalue weighted by Crippen LogP contribution is -2.36. The largest absolute Gasteiger partial charge is 0.496 e. The number of benzene rings is 2. The smallest absolute Gasteiger partial charge is 0.262 e. The molecule has 1 amide bonds. The standard InChI is InChI=1S/C24H26N2O2S/c1-28-22-12-6-5-11-20(22)21(26-14-7-8-15-26)17-25-24(27)23-19(13-16-29-23)18-9-3-2-4-10-18/h2-6,9-13,16,21H,7-8,14-15,17H2,1H3,(H,25,27). The summed E-state index contributed by atoms with van der Waals surface area (Å²) in [5.74, 6) is 0.859. The Hall–Kier alpha value is -2.63. The van der Waals surface area contributed by atoms with Gasteiger partial charge in [-0.3, -0.25) is 9.69 Å². The van der Waals surface area contributed by atoms with Crippen LogP contribution in [0, 0.1) is 0 Å². The minimum Gasteiger partial charge on any atom is -0.496 e. The molecule has 3 aromatic rings. The molecular weight excluding hydrogens is 380 g/mol. The molecule has 2 heterocycles. The van der Waals surface area contributed by atoms with Gasteiger partial charge in [0.25, 0.3) is 5.91 Å². The van der Waals surface area contributed by atoms with Crippen LogP contribution in [0.3, 0.4) is 0 Å². The molecule has 29 heavy (non-hydrogen) atoms. The van der Waals surface area contributed by atoms with Gasteiger partial charge in [0, 0.05) is 17.7 Å². The average molecular weight is 407 g/mol. The van der Waals surface area contributed by atoms with Crippen molar-refractivity contribution in [2.24, 2.45) is 0 Å². The van der Waals surface area contributed by atoms with Crippen molar-refractivity contribution in [3.8, 4) is 16.9 Å². The number of para-hydroxylation sites is 1. The van der Waals surface area contributed by atoms with Crippen LogP contribution in [0.25, 0.3) is 11.1 Å². The van der Waals surface area contributed by atoms with Crippen LogP contribution >= 0.6 is 11.3 Å². The van der Waals surface area contributed by atoms with Gasteiger partial charge in [-0.2, -0.15) is 0 Å². The highest BCUT2D eigenvalue weighted by Gasteiger charge is 2.27. The van der Waals surface area contributed by atoms with Gasteiger partial charge in [0.2, 0.25) is 0 Å². The third-order valence-corrected chi connectivity index (χ3v) is 6.40. The van der Waals surface area contributed by atoms with Crippen molar-refractivity contribution in [2.45, 2.75) is 18.9 Å². The fraction of sp³-hybridized carbons (Fsp3) is 0.292. The number of methoxy groups -OCH3 is 1. The first-order valence-electron chi connectivity index (χ1n) is 10.1. The lowest BCUT2D eigenvalue weighted by molar-refractivity contribution is 0.0942. The number of carbonyl (C=O) groups excluding carboxylic acids is 1. The van der Waals surface area contributed by atoms with Gasteiger partial charge in [0.15, 0.2) is 0 Å². The summed E-state index contributed by atoms with van der Waals surface area (Å²) in [5.41, 5.74) is 3.19. The van der Waals surface area contributed by atoms with Crippen LogP contribution < -0.4 is 10.1 Å². The third kappa shape index (κ3) is 4.36. The second kappa shape index (κ2) is 9.25. The van der Waals surface area contributed by atoms with Crippen molar-refractivity contribution in [1.82, 2.24) is 10.2 Å². The second-order valence-corrected chi connectivity index (χ2v) is 8.16. The first-order valence-corrected chi connectivity index (χ1v) is 10.9. The summed E-state index contributed by atoms with van der Waals surface area (Å²) in [4.78, 5) is 16.3. The van der Waals surface area contributed by atoms with Crippen LogP contribution in [0.15, 0.2) is 66.0 Å². The topological polar surface area (TPSA) is 41.6 Å². The average Bonchev–Trinajstić information content (AvgIpc) is 3.47. The molecule has 4 rings (SSSR count). The fourth-order valence-corrected chi connectivity index (χ4v) is 4.86. The number of ether oxygens (including phenoxy) is 1. The number of likely N-dealkylation sites (tertiary alicyclic amines) is 1. The van der Waals surface area contributed by atoms with Gasteiger partial charge in [-0.05, 0) is 49.0 Å². The highest BCUT2D eigenvalue weighted by Crippen LogP contribution is 2.32. The van der Waals surface area contributed by atoms with E-state index in [0.29, 0.717) is 6.54 Å². The summed E-state index contributed by atoms with van der Waals surface area (Å²) < 4.78 is 5.60. The van der Waals surface area contributed by atoms with Gasteiger partial charge in [0.1, 0.15) is 5.75 Å². The molecule has 150 valence electrons. The number of carbonyl (C=O) groups is 1. The van der Waals surface area contributed by atoms with Crippen molar-refractivity contribution in [3.05, 3.63) is 76.5 Å². The highest BCUT2D eigenvalue weighted by atomic mass is 32.1. The Balaban J connectivity index is 1.54. The summed E-state index contributed by atoms with van der Waals surface area (Å²) in [6.07, 6.45) is 2.39.